The van der Waals surface area contributed by atoms with Gasteiger partial charge in [-0.25, -0.2) is 4.39 Å². The minimum atomic E-state index is -0.385. The van der Waals surface area contributed by atoms with Gasteiger partial charge in [0.25, 0.3) is 5.91 Å². The van der Waals surface area contributed by atoms with E-state index in [1.54, 1.807) is 17.0 Å². The predicted octanol–water partition coefficient (Wildman–Crippen LogP) is 5.20. The lowest BCUT2D eigenvalue weighted by atomic mass is 10.2. The van der Waals surface area contributed by atoms with Crippen molar-refractivity contribution in [3.05, 3.63) is 57.0 Å². The maximum absolute atomic E-state index is 14.4. The van der Waals surface area contributed by atoms with Crippen LogP contribution in [0, 0.1) is 19.7 Å². The molecule has 0 spiro atoms. The summed E-state index contributed by atoms with van der Waals surface area (Å²) < 4.78 is 16.2. The molecule has 0 unspecified atom stereocenters. The first kappa shape index (κ1) is 19.7. The summed E-state index contributed by atoms with van der Waals surface area (Å²) in [6.45, 7) is 8.91. The molecule has 1 aliphatic heterocycles. The molecule has 0 radical (unpaired) electrons. The molecule has 142 valence electrons. The van der Waals surface area contributed by atoms with E-state index < -0.39 is 0 Å². The van der Waals surface area contributed by atoms with Crippen LogP contribution in [0.4, 0.5) is 4.39 Å². The van der Waals surface area contributed by atoms with Crippen molar-refractivity contribution in [3.8, 4) is 5.69 Å². The number of carbonyl (C=O) groups excluding carboxylic acids is 1. The molecule has 1 amide bonds. The van der Waals surface area contributed by atoms with E-state index in [0.717, 1.165) is 22.1 Å². The molecule has 0 bridgehead atoms. The molecule has 1 fully saturated rings. The molecule has 0 atom stereocenters. The van der Waals surface area contributed by atoms with Crippen molar-refractivity contribution in [1.82, 2.24) is 9.47 Å². The lowest BCUT2D eigenvalue weighted by Crippen LogP contribution is -2.28. The highest BCUT2D eigenvalue weighted by Gasteiger charge is 2.32. The Morgan fingerprint density at radius 1 is 1.26 bits per heavy atom. The SMILES string of the molecule is CCN=C1S/C(=C/c2cc(C)n(-c3ccc(Cl)cc3F)c2C)C(=O)N1CC. The van der Waals surface area contributed by atoms with Crippen LogP contribution in [0.25, 0.3) is 11.8 Å². The molecular formula is C20H21ClFN3OS. The summed E-state index contributed by atoms with van der Waals surface area (Å²) in [6.07, 6.45) is 1.86. The van der Waals surface area contributed by atoms with Crippen molar-refractivity contribution in [2.24, 2.45) is 4.99 Å². The second kappa shape index (κ2) is 7.90. The van der Waals surface area contributed by atoms with E-state index in [4.69, 9.17) is 11.6 Å². The monoisotopic (exact) mass is 405 g/mol. The second-order valence-corrected chi connectivity index (χ2v) is 7.62. The van der Waals surface area contributed by atoms with Crippen LogP contribution in [0.1, 0.15) is 30.8 Å². The number of hydrogen-bond acceptors (Lipinski definition) is 3. The van der Waals surface area contributed by atoms with Crippen LogP contribution in [0.15, 0.2) is 34.2 Å². The Labute approximate surface area is 167 Å². The molecule has 0 N–H and O–H groups in total. The zero-order valence-corrected chi connectivity index (χ0v) is 17.3. The van der Waals surface area contributed by atoms with Crippen molar-refractivity contribution >= 4 is 40.5 Å². The van der Waals surface area contributed by atoms with Crippen molar-refractivity contribution in [2.45, 2.75) is 27.7 Å². The number of benzene rings is 1. The number of aryl methyl sites for hydroxylation is 1. The van der Waals surface area contributed by atoms with Gasteiger partial charge in [0.1, 0.15) is 5.82 Å². The molecular weight excluding hydrogens is 385 g/mol. The fourth-order valence-corrected chi connectivity index (χ4v) is 4.40. The van der Waals surface area contributed by atoms with Crippen LogP contribution in [-0.4, -0.2) is 33.6 Å². The summed E-state index contributed by atoms with van der Waals surface area (Å²) in [5.74, 6) is -0.429. The Morgan fingerprint density at radius 3 is 2.63 bits per heavy atom. The maximum atomic E-state index is 14.4. The number of aliphatic imine (C=N–C) groups is 1. The lowest BCUT2D eigenvalue weighted by Gasteiger charge is -2.11. The molecule has 1 saturated heterocycles. The summed E-state index contributed by atoms with van der Waals surface area (Å²) in [5.41, 5.74) is 3.06. The molecule has 0 saturated carbocycles. The van der Waals surface area contributed by atoms with E-state index in [1.807, 2.05) is 44.4 Å². The third-order valence-electron chi connectivity index (χ3n) is 4.41. The highest BCUT2D eigenvalue weighted by atomic mass is 35.5. The minimum Gasteiger partial charge on any atom is -0.315 e. The summed E-state index contributed by atoms with van der Waals surface area (Å²) in [7, 11) is 0. The maximum Gasteiger partial charge on any atom is 0.266 e. The predicted molar refractivity (Wildman–Crippen MR) is 111 cm³/mol. The van der Waals surface area contributed by atoms with E-state index >= 15 is 0 Å². The quantitative estimate of drug-likeness (QED) is 0.655. The molecule has 1 aromatic heterocycles. The average Bonchev–Trinajstić information content (AvgIpc) is 3.05. The number of halogens is 2. The van der Waals surface area contributed by atoms with Gasteiger partial charge in [0.2, 0.25) is 0 Å². The zero-order valence-electron chi connectivity index (χ0n) is 15.7. The van der Waals surface area contributed by atoms with Crippen LogP contribution in [0.5, 0.6) is 0 Å². The molecule has 4 nitrogen and oxygen atoms in total. The second-order valence-electron chi connectivity index (χ2n) is 6.17. The van der Waals surface area contributed by atoms with Crippen molar-refractivity contribution in [2.75, 3.05) is 13.1 Å². The fraction of sp³-hybridized carbons (Fsp3) is 0.300. The third-order valence-corrected chi connectivity index (χ3v) is 5.68. The number of nitrogens with zero attached hydrogens (tertiary/aromatic N) is 3. The van der Waals surface area contributed by atoms with E-state index in [1.165, 1.54) is 17.8 Å². The van der Waals surface area contributed by atoms with Crippen molar-refractivity contribution < 1.29 is 9.18 Å². The van der Waals surface area contributed by atoms with Gasteiger partial charge in [-0.2, -0.15) is 0 Å². The average molecular weight is 406 g/mol. The van der Waals surface area contributed by atoms with Crippen LogP contribution in [0.3, 0.4) is 0 Å². The van der Waals surface area contributed by atoms with Gasteiger partial charge in [-0.15, -0.1) is 0 Å². The number of carbonyl (C=O) groups is 1. The van der Waals surface area contributed by atoms with Gasteiger partial charge in [-0.3, -0.25) is 14.7 Å². The van der Waals surface area contributed by atoms with E-state index in [-0.39, 0.29) is 11.7 Å². The summed E-state index contributed by atoms with van der Waals surface area (Å²) in [4.78, 5) is 19.4. The first-order valence-corrected chi connectivity index (χ1v) is 9.97. The lowest BCUT2D eigenvalue weighted by molar-refractivity contribution is -0.122. The standard InChI is InChI=1S/C20H21ClFN3OS/c1-5-23-20-24(6-2)19(26)18(27-20)10-14-9-12(3)25(13(14)4)17-8-7-15(21)11-16(17)22/h7-11H,5-6H2,1-4H3/b18-10+,23-20?. The van der Waals surface area contributed by atoms with E-state index in [2.05, 4.69) is 4.99 Å². The molecule has 1 aliphatic rings. The van der Waals surface area contributed by atoms with Gasteiger partial charge in [-0.05, 0) is 75.4 Å². The highest BCUT2D eigenvalue weighted by Crippen LogP contribution is 2.34. The van der Waals surface area contributed by atoms with Gasteiger partial charge in [0.15, 0.2) is 5.17 Å². The van der Waals surface area contributed by atoms with Gasteiger partial charge in [0, 0.05) is 29.5 Å². The number of thioether (sulfide) groups is 1. The number of hydrogen-bond donors (Lipinski definition) is 0. The minimum absolute atomic E-state index is 0.0443. The first-order valence-electron chi connectivity index (χ1n) is 8.77. The highest BCUT2D eigenvalue weighted by molar-refractivity contribution is 8.18. The van der Waals surface area contributed by atoms with Gasteiger partial charge >= 0.3 is 0 Å². The topological polar surface area (TPSA) is 37.6 Å². The van der Waals surface area contributed by atoms with Crippen LogP contribution < -0.4 is 0 Å². The molecule has 1 aromatic carbocycles. The largest absolute Gasteiger partial charge is 0.315 e. The summed E-state index contributed by atoms with van der Waals surface area (Å²) >= 11 is 7.25. The number of likely N-dealkylation sites (N-methyl/N-ethyl adjacent to an activating group) is 1. The number of aromatic nitrogens is 1. The Balaban J connectivity index is 2.04. The zero-order chi connectivity index (χ0) is 19.7. The van der Waals surface area contributed by atoms with Gasteiger partial charge < -0.3 is 4.57 Å². The normalized spacial score (nSPS) is 17.6. The first-order chi connectivity index (χ1) is 12.9. The number of rotatable bonds is 4. The van der Waals surface area contributed by atoms with Crippen molar-refractivity contribution in [1.29, 1.82) is 0 Å². The Hall–Kier alpha value is -2.05. The molecule has 27 heavy (non-hydrogen) atoms. The molecule has 2 heterocycles. The van der Waals surface area contributed by atoms with Gasteiger partial charge in [0.05, 0.1) is 10.6 Å². The van der Waals surface area contributed by atoms with Gasteiger partial charge in [-0.1, -0.05) is 11.6 Å². The Morgan fingerprint density at radius 2 is 2.00 bits per heavy atom. The molecule has 3 rings (SSSR count). The Bertz CT molecular complexity index is 964. The van der Waals surface area contributed by atoms with Crippen molar-refractivity contribution in [3.63, 3.8) is 0 Å². The van der Waals surface area contributed by atoms with Crippen LogP contribution in [0.2, 0.25) is 5.02 Å². The van der Waals surface area contributed by atoms with E-state index in [0.29, 0.717) is 28.7 Å². The fourth-order valence-electron chi connectivity index (χ4n) is 3.15. The van der Waals surface area contributed by atoms with Crippen LogP contribution in [-0.2, 0) is 4.79 Å². The number of amides is 1. The summed E-state index contributed by atoms with van der Waals surface area (Å²) in [6, 6.07) is 6.58. The third kappa shape index (κ3) is 3.69. The number of amidine groups is 1. The molecule has 2 aromatic rings. The van der Waals surface area contributed by atoms with Crippen LogP contribution >= 0.6 is 23.4 Å². The Kier molecular flexibility index (Phi) is 5.77. The molecule has 0 aliphatic carbocycles. The smallest absolute Gasteiger partial charge is 0.266 e. The molecule has 7 heteroatoms. The van der Waals surface area contributed by atoms with E-state index in [9.17, 15) is 9.18 Å². The summed E-state index contributed by atoms with van der Waals surface area (Å²) in [5, 5.41) is 1.09.